The quantitative estimate of drug-likeness (QED) is 0.741. The summed E-state index contributed by atoms with van der Waals surface area (Å²) in [6.07, 6.45) is 5.96. The number of hydrogen-bond donors (Lipinski definition) is 1. The van der Waals surface area contributed by atoms with Crippen LogP contribution in [0, 0.1) is 6.92 Å². The first-order valence-electron chi connectivity index (χ1n) is 8.77. The lowest BCUT2D eigenvalue weighted by atomic mass is 10.00. The predicted octanol–water partition coefficient (Wildman–Crippen LogP) is 3.07. The Hall–Kier alpha value is -0.910. The van der Waals surface area contributed by atoms with Crippen LogP contribution in [-0.4, -0.2) is 39.0 Å². The second-order valence-corrected chi connectivity index (χ2v) is 8.33. The first-order valence-corrected chi connectivity index (χ1v) is 10.4. The van der Waals surface area contributed by atoms with Crippen LogP contribution >= 0.6 is 0 Å². The van der Waals surface area contributed by atoms with Crippen molar-refractivity contribution in [3.8, 4) is 0 Å². The fourth-order valence-corrected chi connectivity index (χ4v) is 4.65. The summed E-state index contributed by atoms with van der Waals surface area (Å²) in [4.78, 5) is 2.53. The van der Waals surface area contributed by atoms with E-state index in [9.17, 15) is 8.42 Å². The normalized spacial score (nSPS) is 19.8. The minimum Gasteiger partial charge on any atom is -0.300 e. The van der Waals surface area contributed by atoms with Crippen LogP contribution in [-0.2, 0) is 15.8 Å². The van der Waals surface area contributed by atoms with Gasteiger partial charge in [-0.05, 0) is 56.8 Å². The molecule has 1 saturated heterocycles. The molecule has 1 aromatic carbocycles. The lowest BCUT2D eigenvalue weighted by Gasteiger charge is -2.35. The van der Waals surface area contributed by atoms with Gasteiger partial charge in [-0.2, -0.15) is 0 Å². The van der Waals surface area contributed by atoms with Crippen molar-refractivity contribution in [3.05, 3.63) is 35.4 Å². The summed E-state index contributed by atoms with van der Waals surface area (Å²) < 4.78 is 27.2. The molecule has 2 rings (SSSR count). The average molecular weight is 339 g/mol. The molecule has 0 spiro atoms. The van der Waals surface area contributed by atoms with Gasteiger partial charge in [-0.1, -0.05) is 37.6 Å². The highest BCUT2D eigenvalue weighted by Crippen LogP contribution is 2.19. The van der Waals surface area contributed by atoms with E-state index in [1.165, 1.54) is 25.7 Å². The molecule has 0 bridgehead atoms. The first kappa shape index (κ1) is 18.4. The van der Waals surface area contributed by atoms with Crippen LogP contribution in [0.4, 0.5) is 0 Å². The molecule has 1 aliphatic rings. The SMILES string of the molecule is CCC1CCCCN1CCCNS(=O)(=O)Cc1ccccc1C. The van der Waals surface area contributed by atoms with Gasteiger partial charge < -0.3 is 4.90 Å². The molecule has 0 saturated carbocycles. The number of sulfonamides is 1. The largest absolute Gasteiger partial charge is 0.300 e. The number of aryl methyl sites for hydroxylation is 1. The Morgan fingerprint density at radius 2 is 2.04 bits per heavy atom. The van der Waals surface area contributed by atoms with Gasteiger partial charge >= 0.3 is 0 Å². The van der Waals surface area contributed by atoms with Crippen molar-refractivity contribution in [2.24, 2.45) is 0 Å². The molecular formula is C18H30N2O2S. The summed E-state index contributed by atoms with van der Waals surface area (Å²) >= 11 is 0. The van der Waals surface area contributed by atoms with Crippen molar-refractivity contribution < 1.29 is 8.42 Å². The third kappa shape index (κ3) is 5.90. The molecule has 0 aromatic heterocycles. The van der Waals surface area contributed by atoms with E-state index in [1.54, 1.807) is 0 Å². The maximum atomic E-state index is 12.2. The van der Waals surface area contributed by atoms with Gasteiger partial charge in [-0.3, -0.25) is 0 Å². The Morgan fingerprint density at radius 3 is 2.78 bits per heavy atom. The molecule has 1 unspecified atom stereocenters. The number of benzene rings is 1. The summed E-state index contributed by atoms with van der Waals surface area (Å²) in [6.45, 7) is 6.88. The van der Waals surface area contributed by atoms with Gasteiger partial charge in [-0.25, -0.2) is 13.1 Å². The highest BCUT2D eigenvalue weighted by atomic mass is 32.2. The van der Waals surface area contributed by atoms with Crippen molar-refractivity contribution >= 4 is 10.0 Å². The van der Waals surface area contributed by atoms with Crippen molar-refractivity contribution in [1.29, 1.82) is 0 Å². The molecular weight excluding hydrogens is 308 g/mol. The maximum absolute atomic E-state index is 12.2. The van der Waals surface area contributed by atoms with Crippen molar-refractivity contribution in [3.63, 3.8) is 0 Å². The third-order valence-electron chi connectivity index (χ3n) is 4.77. The molecule has 0 radical (unpaired) electrons. The van der Waals surface area contributed by atoms with E-state index in [4.69, 9.17) is 0 Å². The molecule has 1 aromatic rings. The van der Waals surface area contributed by atoms with E-state index in [0.29, 0.717) is 12.6 Å². The standard InChI is InChI=1S/C18H30N2O2S/c1-3-18-11-6-7-13-20(18)14-8-12-19-23(21,22)15-17-10-5-4-9-16(17)2/h4-5,9-10,18-19H,3,6-8,11-15H2,1-2H3. The van der Waals surface area contributed by atoms with Crippen molar-refractivity contribution in [1.82, 2.24) is 9.62 Å². The molecule has 130 valence electrons. The zero-order valence-corrected chi connectivity index (χ0v) is 15.2. The highest BCUT2D eigenvalue weighted by molar-refractivity contribution is 7.88. The van der Waals surface area contributed by atoms with E-state index in [2.05, 4.69) is 16.5 Å². The maximum Gasteiger partial charge on any atom is 0.215 e. The van der Waals surface area contributed by atoms with Crippen LogP contribution in [0.2, 0.25) is 0 Å². The molecule has 1 N–H and O–H groups in total. The van der Waals surface area contributed by atoms with Gasteiger partial charge in [0.05, 0.1) is 5.75 Å². The van der Waals surface area contributed by atoms with E-state index >= 15 is 0 Å². The van der Waals surface area contributed by atoms with Crippen LogP contribution in [0.5, 0.6) is 0 Å². The monoisotopic (exact) mass is 338 g/mol. The van der Waals surface area contributed by atoms with E-state index in [0.717, 1.165) is 30.6 Å². The lowest BCUT2D eigenvalue weighted by Crippen LogP contribution is -2.40. The summed E-state index contributed by atoms with van der Waals surface area (Å²) in [7, 11) is -3.25. The molecule has 4 nitrogen and oxygen atoms in total. The van der Waals surface area contributed by atoms with Crippen molar-refractivity contribution in [2.75, 3.05) is 19.6 Å². The van der Waals surface area contributed by atoms with Crippen LogP contribution in [0.1, 0.15) is 50.2 Å². The number of likely N-dealkylation sites (tertiary alicyclic amines) is 1. The Bertz CT molecular complexity index is 586. The van der Waals surface area contributed by atoms with E-state index in [1.807, 2.05) is 31.2 Å². The number of hydrogen-bond acceptors (Lipinski definition) is 3. The lowest BCUT2D eigenvalue weighted by molar-refractivity contribution is 0.143. The third-order valence-corrected chi connectivity index (χ3v) is 6.11. The molecule has 1 fully saturated rings. The van der Waals surface area contributed by atoms with Crippen LogP contribution < -0.4 is 4.72 Å². The highest BCUT2D eigenvalue weighted by Gasteiger charge is 2.20. The van der Waals surface area contributed by atoms with Crippen LogP contribution in [0.3, 0.4) is 0 Å². The van der Waals surface area contributed by atoms with E-state index < -0.39 is 10.0 Å². The van der Waals surface area contributed by atoms with Crippen LogP contribution in [0.25, 0.3) is 0 Å². The Kier molecular flexibility index (Phi) is 7.06. The zero-order valence-electron chi connectivity index (χ0n) is 14.4. The minimum absolute atomic E-state index is 0.0704. The summed E-state index contributed by atoms with van der Waals surface area (Å²) in [6, 6.07) is 8.34. The minimum atomic E-state index is -3.25. The molecule has 1 aliphatic heterocycles. The number of rotatable bonds is 8. The Balaban J connectivity index is 1.75. The summed E-state index contributed by atoms with van der Waals surface area (Å²) in [5, 5.41) is 0. The molecule has 0 amide bonds. The molecule has 0 aliphatic carbocycles. The fraction of sp³-hybridized carbons (Fsp3) is 0.667. The summed E-state index contributed by atoms with van der Waals surface area (Å²) in [5.74, 6) is 0.0704. The summed E-state index contributed by atoms with van der Waals surface area (Å²) in [5.41, 5.74) is 1.90. The fourth-order valence-electron chi connectivity index (χ4n) is 3.35. The van der Waals surface area contributed by atoms with Gasteiger partial charge in [0.2, 0.25) is 10.0 Å². The van der Waals surface area contributed by atoms with Gasteiger partial charge in [0.1, 0.15) is 0 Å². The second kappa shape index (κ2) is 8.81. The Morgan fingerprint density at radius 1 is 1.26 bits per heavy atom. The molecule has 1 atom stereocenters. The van der Waals surface area contributed by atoms with Gasteiger partial charge in [0.15, 0.2) is 0 Å². The smallest absolute Gasteiger partial charge is 0.215 e. The second-order valence-electron chi connectivity index (χ2n) is 6.53. The topological polar surface area (TPSA) is 49.4 Å². The number of piperidine rings is 1. The van der Waals surface area contributed by atoms with Gasteiger partial charge in [-0.15, -0.1) is 0 Å². The number of nitrogens with one attached hydrogen (secondary N) is 1. The zero-order chi connectivity index (χ0) is 16.7. The Labute approximate surface area is 141 Å². The van der Waals surface area contributed by atoms with Crippen molar-refractivity contribution in [2.45, 2.75) is 57.7 Å². The molecule has 1 heterocycles. The van der Waals surface area contributed by atoms with E-state index in [-0.39, 0.29) is 5.75 Å². The van der Waals surface area contributed by atoms with Crippen LogP contribution in [0.15, 0.2) is 24.3 Å². The predicted molar refractivity (Wildman–Crippen MR) is 95.9 cm³/mol. The molecule has 23 heavy (non-hydrogen) atoms. The van der Waals surface area contributed by atoms with Gasteiger partial charge in [0.25, 0.3) is 0 Å². The molecule has 5 heteroatoms. The average Bonchev–Trinajstić information content (AvgIpc) is 2.54. The van der Waals surface area contributed by atoms with Gasteiger partial charge in [0, 0.05) is 12.6 Å². The number of nitrogens with zero attached hydrogens (tertiary/aromatic N) is 1. The first-order chi connectivity index (χ1) is 11.0.